The van der Waals surface area contributed by atoms with Crippen molar-refractivity contribution in [2.24, 2.45) is 5.73 Å². The second-order valence-corrected chi connectivity index (χ2v) is 4.22. The number of nitro groups is 1. The van der Waals surface area contributed by atoms with Crippen LogP contribution in [0.2, 0.25) is 0 Å². The van der Waals surface area contributed by atoms with Crippen molar-refractivity contribution in [1.82, 2.24) is 0 Å². The summed E-state index contributed by atoms with van der Waals surface area (Å²) in [5.74, 6) is -0.638. The fourth-order valence-electron chi connectivity index (χ4n) is 1.26. The number of nitro benzene ring substituents is 1. The molecule has 94 valence electrons. The van der Waals surface area contributed by atoms with Crippen LogP contribution in [0.25, 0.3) is 0 Å². The van der Waals surface area contributed by atoms with Crippen LogP contribution in [0.3, 0.4) is 0 Å². The van der Waals surface area contributed by atoms with E-state index in [2.05, 4.69) is 5.32 Å². The Morgan fingerprint density at radius 1 is 1.56 bits per heavy atom. The highest BCUT2D eigenvalue weighted by molar-refractivity contribution is 5.87. The van der Waals surface area contributed by atoms with Gasteiger partial charge in [-0.05, 0) is 26.0 Å². The fraction of sp³-hybridized carbons (Fsp3) is 0.273. The smallest absolute Gasteiger partial charge is 0.293 e. The minimum atomic E-state index is -1.13. The maximum atomic E-state index is 11.2. The second-order valence-electron chi connectivity index (χ2n) is 4.22. The second kappa shape index (κ2) is 4.71. The molecule has 3 N–H and O–H groups in total. The normalized spacial score (nSPS) is 10.5. The van der Waals surface area contributed by atoms with Crippen molar-refractivity contribution in [1.29, 1.82) is 5.26 Å². The maximum Gasteiger partial charge on any atom is 0.293 e. The Kier molecular flexibility index (Phi) is 3.52. The lowest BCUT2D eigenvalue weighted by Crippen LogP contribution is -2.45. The van der Waals surface area contributed by atoms with Gasteiger partial charge in [-0.1, -0.05) is 0 Å². The van der Waals surface area contributed by atoms with Crippen molar-refractivity contribution in [2.75, 3.05) is 5.32 Å². The van der Waals surface area contributed by atoms with Crippen LogP contribution >= 0.6 is 0 Å². The van der Waals surface area contributed by atoms with E-state index in [9.17, 15) is 14.9 Å². The van der Waals surface area contributed by atoms with E-state index in [1.807, 2.05) is 6.07 Å². The summed E-state index contributed by atoms with van der Waals surface area (Å²) in [5.41, 5.74) is 4.09. The number of anilines is 1. The number of benzene rings is 1. The van der Waals surface area contributed by atoms with Gasteiger partial charge in [-0.3, -0.25) is 14.9 Å². The molecule has 0 radical (unpaired) electrons. The molecule has 0 fully saturated rings. The minimum absolute atomic E-state index is 0.141. The van der Waals surface area contributed by atoms with Crippen molar-refractivity contribution in [3.05, 3.63) is 33.9 Å². The van der Waals surface area contributed by atoms with Crippen LogP contribution in [-0.2, 0) is 4.79 Å². The molecular formula is C11H12N4O3. The third-order valence-corrected chi connectivity index (χ3v) is 2.39. The van der Waals surface area contributed by atoms with Crippen molar-refractivity contribution in [3.63, 3.8) is 0 Å². The number of hydrogen-bond acceptors (Lipinski definition) is 5. The predicted molar refractivity (Wildman–Crippen MR) is 64.7 cm³/mol. The zero-order valence-corrected chi connectivity index (χ0v) is 9.93. The first-order chi connectivity index (χ1) is 8.27. The van der Waals surface area contributed by atoms with Gasteiger partial charge in [0.15, 0.2) is 0 Å². The highest BCUT2D eigenvalue weighted by atomic mass is 16.6. The molecule has 0 atom stereocenters. The van der Waals surface area contributed by atoms with E-state index < -0.39 is 16.4 Å². The summed E-state index contributed by atoms with van der Waals surface area (Å²) in [5, 5.41) is 22.3. The standard InChI is InChI=1S/C11H12N4O3/c1-11(2,10(13)16)14-8-4-3-7(6-12)5-9(8)15(17)18/h3-5,14H,1-2H3,(H2,13,16). The van der Waals surface area contributed by atoms with Crippen molar-refractivity contribution in [2.45, 2.75) is 19.4 Å². The van der Waals surface area contributed by atoms with Crippen LogP contribution in [0.5, 0.6) is 0 Å². The molecule has 0 saturated carbocycles. The molecule has 18 heavy (non-hydrogen) atoms. The molecule has 1 rings (SSSR count). The van der Waals surface area contributed by atoms with Crippen LogP contribution in [0.15, 0.2) is 18.2 Å². The van der Waals surface area contributed by atoms with E-state index in [-0.39, 0.29) is 16.9 Å². The van der Waals surface area contributed by atoms with E-state index in [1.165, 1.54) is 26.0 Å². The zero-order chi connectivity index (χ0) is 13.9. The van der Waals surface area contributed by atoms with Gasteiger partial charge in [0.25, 0.3) is 5.69 Å². The molecule has 0 aromatic heterocycles. The fourth-order valence-corrected chi connectivity index (χ4v) is 1.26. The van der Waals surface area contributed by atoms with E-state index in [0.717, 1.165) is 6.07 Å². The van der Waals surface area contributed by atoms with Crippen LogP contribution in [0.1, 0.15) is 19.4 Å². The Labute approximate surface area is 103 Å². The molecule has 0 aliphatic rings. The highest BCUT2D eigenvalue weighted by Gasteiger charge is 2.27. The Balaban J connectivity index is 3.22. The van der Waals surface area contributed by atoms with Gasteiger partial charge in [-0.15, -0.1) is 0 Å². The first-order valence-electron chi connectivity index (χ1n) is 5.04. The van der Waals surface area contributed by atoms with Gasteiger partial charge in [0.05, 0.1) is 16.6 Å². The van der Waals surface area contributed by atoms with E-state index in [0.29, 0.717) is 0 Å². The SMILES string of the molecule is CC(C)(Nc1ccc(C#N)cc1[N+](=O)[O-])C(N)=O. The molecule has 1 aromatic rings. The number of nitrogens with one attached hydrogen (secondary N) is 1. The Hall–Kier alpha value is -2.62. The van der Waals surface area contributed by atoms with Gasteiger partial charge >= 0.3 is 0 Å². The molecule has 0 spiro atoms. The maximum absolute atomic E-state index is 11.2. The first-order valence-corrected chi connectivity index (χ1v) is 5.04. The lowest BCUT2D eigenvalue weighted by molar-refractivity contribution is -0.384. The Bertz CT molecular complexity index is 546. The average molecular weight is 248 g/mol. The monoisotopic (exact) mass is 248 g/mol. The molecule has 0 bridgehead atoms. The van der Waals surface area contributed by atoms with E-state index >= 15 is 0 Å². The van der Waals surface area contributed by atoms with Gasteiger partial charge in [-0.2, -0.15) is 5.26 Å². The number of hydrogen-bond donors (Lipinski definition) is 2. The number of nitriles is 1. The molecule has 7 nitrogen and oxygen atoms in total. The van der Waals surface area contributed by atoms with Crippen LogP contribution < -0.4 is 11.1 Å². The van der Waals surface area contributed by atoms with Gasteiger partial charge in [0, 0.05) is 6.07 Å². The molecule has 1 amide bonds. The van der Waals surface area contributed by atoms with Gasteiger partial charge in [0.2, 0.25) is 5.91 Å². The summed E-state index contributed by atoms with van der Waals surface area (Å²) in [4.78, 5) is 21.4. The van der Waals surface area contributed by atoms with E-state index in [1.54, 1.807) is 0 Å². The molecule has 1 aromatic carbocycles. The van der Waals surface area contributed by atoms with Crippen LogP contribution in [0, 0.1) is 21.4 Å². The summed E-state index contributed by atoms with van der Waals surface area (Å²) in [6.07, 6.45) is 0. The number of primary amides is 1. The number of carbonyl (C=O) groups excluding carboxylic acids is 1. The third-order valence-electron chi connectivity index (χ3n) is 2.39. The lowest BCUT2D eigenvalue weighted by Gasteiger charge is -2.23. The summed E-state index contributed by atoms with van der Waals surface area (Å²) in [6.45, 7) is 3.02. The quantitative estimate of drug-likeness (QED) is 0.611. The average Bonchev–Trinajstić information content (AvgIpc) is 2.28. The Morgan fingerprint density at radius 3 is 2.61 bits per heavy atom. The molecule has 0 unspecified atom stereocenters. The molecule has 0 aliphatic carbocycles. The highest BCUT2D eigenvalue weighted by Crippen LogP contribution is 2.27. The van der Waals surface area contributed by atoms with Crippen LogP contribution in [-0.4, -0.2) is 16.4 Å². The molecule has 0 saturated heterocycles. The third kappa shape index (κ3) is 2.74. The topological polar surface area (TPSA) is 122 Å². The summed E-state index contributed by atoms with van der Waals surface area (Å²) in [6, 6.07) is 5.75. The summed E-state index contributed by atoms with van der Waals surface area (Å²) in [7, 11) is 0. The van der Waals surface area contributed by atoms with Crippen LogP contribution in [0.4, 0.5) is 11.4 Å². The van der Waals surface area contributed by atoms with Gasteiger partial charge in [-0.25, -0.2) is 0 Å². The largest absolute Gasteiger partial charge is 0.368 e. The van der Waals surface area contributed by atoms with Gasteiger partial charge in [0.1, 0.15) is 11.2 Å². The number of nitrogens with two attached hydrogens (primary N) is 1. The number of rotatable bonds is 4. The number of nitrogens with zero attached hydrogens (tertiary/aromatic N) is 2. The summed E-state index contributed by atoms with van der Waals surface area (Å²) < 4.78 is 0. The number of amides is 1. The van der Waals surface area contributed by atoms with Crippen molar-refractivity contribution < 1.29 is 9.72 Å². The number of carbonyl (C=O) groups is 1. The van der Waals surface area contributed by atoms with E-state index in [4.69, 9.17) is 11.0 Å². The molecule has 7 heteroatoms. The Morgan fingerprint density at radius 2 is 2.17 bits per heavy atom. The van der Waals surface area contributed by atoms with Crippen molar-refractivity contribution in [3.8, 4) is 6.07 Å². The summed E-state index contributed by atoms with van der Waals surface area (Å²) >= 11 is 0. The molecule has 0 heterocycles. The first kappa shape index (κ1) is 13.4. The van der Waals surface area contributed by atoms with Crippen molar-refractivity contribution >= 4 is 17.3 Å². The molecule has 0 aliphatic heterocycles. The lowest BCUT2D eigenvalue weighted by atomic mass is 10.0. The predicted octanol–water partition coefficient (Wildman–Crippen LogP) is 1.14. The zero-order valence-electron chi connectivity index (χ0n) is 9.93. The minimum Gasteiger partial charge on any atom is -0.368 e. The van der Waals surface area contributed by atoms with Gasteiger partial charge < -0.3 is 11.1 Å². The molecular weight excluding hydrogens is 236 g/mol.